The lowest BCUT2D eigenvalue weighted by molar-refractivity contribution is 0.0963. The number of guanidine groups is 1. The topological polar surface area (TPSA) is 74.8 Å². The molecule has 0 heterocycles. The fraction of sp³-hybridized carbons (Fsp3) is 0.364. The zero-order valence-corrected chi connectivity index (χ0v) is 19.8. The van der Waals surface area contributed by atoms with Gasteiger partial charge in [-0.15, -0.1) is 24.0 Å². The molecule has 2 aromatic carbocycles. The molecule has 0 bridgehead atoms. The SMILES string of the molecule is CN=C(NCCc1cccc(C(=O)NC)c1)NCC(C)Oc1cccc(C)c1.I. The van der Waals surface area contributed by atoms with Crippen LogP contribution in [0.2, 0.25) is 0 Å². The molecular weight excluding hydrogens is 479 g/mol. The van der Waals surface area contributed by atoms with Crippen molar-refractivity contribution in [3.8, 4) is 5.75 Å². The van der Waals surface area contributed by atoms with E-state index in [0.29, 0.717) is 18.7 Å². The van der Waals surface area contributed by atoms with Gasteiger partial charge in [0.25, 0.3) is 5.91 Å². The van der Waals surface area contributed by atoms with E-state index in [-0.39, 0.29) is 36.0 Å². The van der Waals surface area contributed by atoms with Crippen molar-refractivity contribution in [3.63, 3.8) is 0 Å². The predicted octanol–water partition coefficient (Wildman–Crippen LogP) is 3.15. The van der Waals surface area contributed by atoms with Crippen molar-refractivity contribution in [2.45, 2.75) is 26.4 Å². The highest BCUT2D eigenvalue weighted by molar-refractivity contribution is 14.0. The summed E-state index contributed by atoms with van der Waals surface area (Å²) in [4.78, 5) is 16.0. The lowest BCUT2D eigenvalue weighted by Crippen LogP contribution is -2.42. The summed E-state index contributed by atoms with van der Waals surface area (Å²) in [6.07, 6.45) is 0.797. The van der Waals surface area contributed by atoms with Crippen molar-refractivity contribution < 1.29 is 9.53 Å². The summed E-state index contributed by atoms with van der Waals surface area (Å²) in [6, 6.07) is 15.7. The molecule has 0 aromatic heterocycles. The number of amides is 1. The van der Waals surface area contributed by atoms with Crippen LogP contribution in [0.5, 0.6) is 5.75 Å². The third-order valence-electron chi connectivity index (χ3n) is 4.23. The second-order valence-electron chi connectivity index (χ2n) is 6.65. The second-order valence-corrected chi connectivity index (χ2v) is 6.65. The van der Waals surface area contributed by atoms with Gasteiger partial charge in [0, 0.05) is 26.2 Å². The van der Waals surface area contributed by atoms with Gasteiger partial charge in [0.05, 0.1) is 6.54 Å². The zero-order chi connectivity index (χ0) is 20.4. The second kappa shape index (κ2) is 13.0. The van der Waals surface area contributed by atoms with Crippen LogP contribution < -0.4 is 20.7 Å². The van der Waals surface area contributed by atoms with E-state index in [1.807, 2.05) is 62.4 Å². The van der Waals surface area contributed by atoms with Gasteiger partial charge in [-0.05, 0) is 55.7 Å². The van der Waals surface area contributed by atoms with Gasteiger partial charge in [0.1, 0.15) is 11.9 Å². The number of aliphatic imine (C=N–C) groups is 1. The third-order valence-corrected chi connectivity index (χ3v) is 4.23. The maximum atomic E-state index is 11.7. The number of benzene rings is 2. The maximum absolute atomic E-state index is 11.7. The van der Waals surface area contributed by atoms with Crippen LogP contribution in [0.15, 0.2) is 53.5 Å². The molecule has 1 atom stereocenters. The molecule has 3 N–H and O–H groups in total. The normalized spacial score (nSPS) is 11.8. The van der Waals surface area contributed by atoms with Gasteiger partial charge >= 0.3 is 0 Å². The van der Waals surface area contributed by atoms with E-state index in [4.69, 9.17) is 4.74 Å². The van der Waals surface area contributed by atoms with Gasteiger partial charge in [-0.2, -0.15) is 0 Å². The summed E-state index contributed by atoms with van der Waals surface area (Å²) in [5.74, 6) is 1.52. The minimum absolute atomic E-state index is 0. The Balaban J connectivity index is 0.00000420. The molecule has 29 heavy (non-hydrogen) atoms. The average molecular weight is 510 g/mol. The van der Waals surface area contributed by atoms with Crippen molar-refractivity contribution in [2.75, 3.05) is 27.2 Å². The molecular formula is C22H31IN4O2. The summed E-state index contributed by atoms with van der Waals surface area (Å²) < 4.78 is 5.93. The molecule has 1 amide bonds. The van der Waals surface area contributed by atoms with Crippen LogP contribution in [0, 0.1) is 6.92 Å². The van der Waals surface area contributed by atoms with Crippen LogP contribution in [-0.2, 0) is 6.42 Å². The molecule has 6 nitrogen and oxygen atoms in total. The van der Waals surface area contributed by atoms with Crippen LogP contribution in [0.3, 0.4) is 0 Å². The minimum Gasteiger partial charge on any atom is -0.489 e. The number of hydrogen-bond donors (Lipinski definition) is 3. The zero-order valence-electron chi connectivity index (χ0n) is 17.5. The van der Waals surface area contributed by atoms with E-state index < -0.39 is 0 Å². The molecule has 158 valence electrons. The minimum atomic E-state index is -0.0742. The average Bonchev–Trinajstić information content (AvgIpc) is 2.70. The first-order valence-electron chi connectivity index (χ1n) is 9.50. The third kappa shape index (κ3) is 8.72. The molecule has 2 aromatic rings. The monoisotopic (exact) mass is 510 g/mol. The number of ether oxygens (including phenoxy) is 1. The number of hydrogen-bond acceptors (Lipinski definition) is 3. The first-order valence-corrected chi connectivity index (χ1v) is 9.50. The first-order chi connectivity index (χ1) is 13.5. The largest absolute Gasteiger partial charge is 0.489 e. The lowest BCUT2D eigenvalue weighted by atomic mass is 10.1. The number of nitrogens with zero attached hydrogens (tertiary/aromatic N) is 1. The number of carbonyl (C=O) groups is 1. The van der Waals surface area contributed by atoms with Crippen LogP contribution >= 0.6 is 24.0 Å². The van der Waals surface area contributed by atoms with E-state index >= 15 is 0 Å². The van der Waals surface area contributed by atoms with Crippen LogP contribution in [0.25, 0.3) is 0 Å². The molecule has 0 aliphatic rings. The summed E-state index contributed by atoms with van der Waals surface area (Å²) >= 11 is 0. The van der Waals surface area contributed by atoms with E-state index in [9.17, 15) is 4.79 Å². The first kappa shape index (κ1) is 24.7. The highest BCUT2D eigenvalue weighted by atomic mass is 127. The smallest absolute Gasteiger partial charge is 0.251 e. The molecule has 0 spiro atoms. The summed E-state index contributed by atoms with van der Waals surface area (Å²) in [6.45, 7) is 5.42. The van der Waals surface area contributed by atoms with Gasteiger partial charge in [-0.3, -0.25) is 9.79 Å². The highest BCUT2D eigenvalue weighted by Crippen LogP contribution is 2.13. The number of halogens is 1. The van der Waals surface area contributed by atoms with Gasteiger partial charge in [0.15, 0.2) is 5.96 Å². The molecule has 0 aliphatic carbocycles. The number of carbonyl (C=O) groups excluding carboxylic acids is 1. The number of aryl methyl sites for hydroxylation is 1. The Morgan fingerprint density at radius 1 is 1.14 bits per heavy atom. The van der Waals surface area contributed by atoms with Gasteiger partial charge in [-0.1, -0.05) is 24.3 Å². The van der Waals surface area contributed by atoms with Gasteiger partial charge in [0.2, 0.25) is 0 Å². The molecule has 7 heteroatoms. The molecule has 0 saturated carbocycles. The van der Waals surface area contributed by atoms with E-state index in [2.05, 4.69) is 20.9 Å². The molecule has 0 saturated heterocycles. The summed E-state index contributed by atoms with van der Waals surface area (Å²) in [7, 11) is 3.38. The van der Waals surface area contributed by atoms with E-state index in [1.54, 1.807) is 14.1 Å². The highest BCUT2D eigenvalue weighted by Gasteiger charge is 2.07. The fourth-order valence-electron chi connectivity index (χ4n) is 2.76. The number of nitrogens with one attached hydrogen (secondary N) is 3. The van der Waals surface area contributed by atoms with Crippen LogP contribution in [0.1, 0.15) is 28.4 Å². The molecule has 0 aliphatic heterocycles. The van der Waals surface area contributed by atoms with E-state index in [1.165, 1.54) is 5.56 Å². The lowest BCUT2D eigenvalue weighted by Gasteiger charge is -2.18. The summed E-state index contributed by atoms with van der Waals surface area (Å²) in [5, 5.41) is 9.21. The standard InChI is InChI=1S/C22H30N4O2.HI/c1-16-7-5-10-20(13-16)28-17(2)15-26-22(24-4)25-12-11-18-8-6-9-19(14-18)21(27)23-3;/h5-10,13-14,17H,11-12,15H2,1-4H3,(H,23,27)(H2,24,25,26);1H. The quantitative estimate of drug-likeness (QED) is 0.290. The Labute approximate surface area is 190 Å². The van der Waals surface area contributed by atoms with Crippen molar-refractivity contribution in [2.24, 2.45) is 4.99 Å². The van der Waals surface area contributed by atoms with Crippen molar-refractivity contribution >= 4 is 35.8 Å². The van der Waals surface area contributed by atoms with E-state index in [0.717, 1.165) is 23.7 Å². The molecule has 0 fully saturated rings. The maximum Gasteiger partial charge on any atom is 0.251 e. The van der Waals surface area contributed by atoms with Crippen molar-refractivity contribution in [1.29, 1.82) is 0 Å². The van der Waals surface area contributed by atoms with Crippen LogP contribution in [0.4, 0.5) is 0 Å². The summed E-state index contributed by atoms with van der Waals surface area (Å²) in [5.41, 5.74) is 2.94. The molecule has 2 rings (SSSR count). The van der Waals surface area contributed by atoms with Gasteiger partial charge < -0.3 is 20.7 Å². The Hall–Kier alpha value is -2.29. The fourth-order valence-corrected chi connectivity index (χ4v) is 2.76. The van der Waals surface area contributed by atoms with Crippen molar-refractivity contribution in [3.05, 3.63) is 65.2 Å². The van der Waals surface area contributed by atoms with Crippen LogP contribution in [-0.4, -0.2) is 45.2 Å². The molecule has 0 radical (unpaired) electrons. The number of rotatable bonds is 8. The van der Waals surface area contributed by atoms with Crippen molar-refractivity contribution in [1.82, 2.24) is 16.0 Å². The Morgan fingerprint density at radius 3 is 2.59 bits per heavy atom. The Morgan fingerprint density at radius 2 is 1.90 bits per heavy atom. The molecule has 1 unspecified atom stereocenters. The Bertz CT molecular complexity index is 811. The predicted molar refractivity (Wildman–Crippen MR) is 130 cm³/mol. The Kier molecular flexibility index (Phi) is 11.1. The van der Waals surface area contributed by atoms with Gasteiger partial charge in [-0.25, -0.2) is 0 Å².